The molecule has 0 aliphatic carbocycles. The molecule has 30 heavy (non-hydrogen) atoms. The number of nitrogens with one attached hydrogen (secondary N) is 2. The van der Waals surface area contributed by atoms with E-state index in [1.165, 1.54) is 17.7 Å². The highest BCUT2D eigenvalue weighted by molar-refractivity contribution is 14.0. The predicted octanol–water partition coefficient (Wildman–Crippen LogP) is 3.60. The van der Waals surface area contributed by atoms with Gasteiger partial charge < -0.3 is 16.4 Å². The Morgan fingerprint density at radius 2 is 2.13 bits per heavy atom. The molecule has 0 saturated carbocycles. The first kappa shape index (κ1) is 24.6. The summed E-state index contributed by atoms with van der Waals surface area (Å²) in [5.41, 5.74) is 6.86. The molecule has 0 bridgehead atoms. The van der Waals surface area contributed by atoms with Crippen molar-refractivity contribution in [3.8, 4) is 0 Å². The Bertz CT molecular complexity index is 827. The summed E-state index contributed by atoms with van der Waals surface area (Å²) in [6.07, 6.45) is 2.43. The summed E-state index contributed by atoms with van der Waals surface area (Å²) in [4.78, 5) is 20.0. The Balaban J connectivity index is 0.00000320. The van der Waals surface area contributed by atoms with Crippen LogP contribution in [0, 0.1) is 5.92 Å². The molecule has 8 heteroatoms. The number of guanidine groups is 1. The molecule has 4 N–H and O–H groups in total. The van der Waals surface area contributed by atoms with E-state index in [-0.39, 0.29) is 24.0 Å². The van der Waals surface area contributed by atoms with E-state index in [4.69, 9.17) is 10.7 Å². The van der Waals surface area contributed by atoms with Crippen molar-refractivity contribution in [2.45, 2.75) is 32.4 Å². The maximum absolute atomic E-state index is 11.4. The van der Waals surface area contributed by atoms with E-state index in [1.807, 2.05) is 23.5 Å². The highest BCUT2D eigenvalue weighted by Gasteiger charge is 2.31. The maximum atomic E-state index is 11.4. The van der Waals surface area contributed by atoms with E-state index in [1.54, 1.807) is 12.1 Å². The molecule has 1 aromatic carbocycles. The molecule has 1 aliphatic heterocycles. The fraction of sp³-hybridized carbons (Fsp3) is 0.455. The van der Waals surface area contributed by atoms with E-state index in [2.05, 4.69) is 47.0 Å². The lowest BCUT2D eigenvalue weighted by Gasteiger charge is -2.39. The molecule has 0 spiro atoms. The number of hydrogen-bond donors (Lipinski definition) is 3. The first-order chi connectivity index (χ1) is 14.1. The minimum Gasteiger partial charge on any atom is -0.366 e. The van der Waals surface area contributed by atoms with Crippen LogP contribution in [-0.4, -0.2) is 43.4 Å². The summed E-state index contributed by atoms with van der Waals surface area (Å²) in [7, 11) is 2.22. The quantitative estimate of drug-likeness (QED) is 0.284. The lowest BCUT2D eigenvalue weighted by molar-refractivity contribution is 0.1000. The Morgan fingerprint density at radius 1 is 1.30 bits per heavy atom. The number of rotatable bonds is 7. The number of piperidine rings is 1. The number of halogens is 1. The number of carbonyl (C=O) groups excluding carboxylic acids is 1. The Hall–Kier alpha value is -1.65. The van der Waals surface area contributed by atoms with Crippen LogP contribution in [-0.2, 0) is 6.54 Å². The van der Waals surface area contributed by atoms with Crippen LogP contribution >= 0.6 is 35.3 Å². The zero-order valence-corrected chi connectivity index (χ0v) is 20.8. The third-order valence-electron chi connectivity index (χ3n) is 5.35. The average Bonchev–Trinajstić information content (AvgIpc) is 3.24. The standard InChI is InChI=1S/C22H31N5OS.HI/c1-3-24-22(25-14-16-7-4-8-17(13-16)21(23)28)26-15-18-9-5-11-27(2)20(18)19-10-6-12-29-19;/h4,6-8,10,12-13,18,20H,3,5,9,11,14-15H2,1-2H3,(H2,23,28)(H2,24,25,26);1H. The van der Waals surface area contributed by atoms with Crippen LogP contribution in [0.4, 0.5) is 0 Å². The lowest BCUT2D eigenvalue weighted by Crippen LogP contribution is -2.44. The molecule has 3 rings (SSSR count). The van der Waals surface area contributed by atoms with Gasteiger partial charge in [0, 0.05) is 29.6 Å². The zero-order chi connectivity index (χ0) is 20.6. The van der Waals surface area contributed by atoms with E-state index in [0.29, 0.717) is 24.1 Å². The van der Waals surface area contributed by atoms with E-state index >= 15 is 0 Å². The van der Waals surface area contributed by atoms with Crippen molar-refractivity contribution in [1.82, 2.24) is 15.5 Å². The van der Waals surface area contributed by atoms with Gasteiger partial charge in [-0.15, -0.1) is 35.3 Å². The van der Waals surface area contributed by atoms with Gasteiger partial charge in [0.2, 0.25) is 5.91 Å². The summed E-state index contributed by atoms with van der Waals surface area (Å²) in [5, 5.41) is 9.02. The molecule has 1 fully saturated rings. The third kappa shape index (κ3) is 6.68. The smallest absolute Gasteiger partial charge is 0.248 e. The van der Waals surface area contributed by atoms with Crippen LogP contribution in [0.5, 0.6) is 0 Å². The van der Waals surface area contributed by atoms with Crippen LogP contribution in [0.15, 0.2) is 46.8 Å². The fourth-order valence-electron chi connectivity index (χ4n) is 3.95. The number of nitrogens with zero attached hydrogens (tertiary/aromatic N) is 2. The Kier molecular flexibility index (Phi) is 10.1. The second-order valence-electron chi connectivity index (χ2n) is 7.48. The number of hydrogen-bond acceptors (Lipinski definition) is 4. The second kappa shape index (κ2) is 12.3. The molecular formula is C22H32IN5OS. The molecule has 2 heterocycles. The molecule has 1 saturated heterocycles. The lowest BCUT2D eigenvalue weighted by atomic mass is 9.88. The molecule has 2 aromatic rings. The first-order valence-corrected chi connectivity index (χ1v) is 11.1. The average molecular weight is 542 g/mol. The van der Waals surface area contributed by atoms with Gasteiger partial charge in [0.05, 0.1) is 6.54 Å². The normalized spacial score (nSPS) is 19.7. The van der Waals surface area contributed by atoms with Gasteiger partial charge >= 0.3 is 0 Å². The van der Waals surface area contributed by atoms with Crippen LogP contribution in [0.25, 0.3) is 0 Å². The number of likely N-dealkylation sites (tertiary alicyclic amines) is 1. The molecule has 1 aromatic heterocycles. The van der Waals surface area contributed by atoms with Crippen molar-refractivity contribution in [2.24, 2.45) is 16.6 Å². The van der Waals surface area contributed by atoms with E-state index in [9.17, 15) is 4.79 Å². The van der Waals surface area contributed by atoms with Gasteiger partial charge in [-0.25, -0.2) is 4.99 Å². The Labute approximate surface area is 200 Å². The molecule has 6 nitrogen and oxygen atoms in total. The van der Waals surface area contributed by atoms with E-state index in [0.717, 1.165) is 31.2 Å². The molecule has 2 unspecified atom stereocenters. The van der Waals surface area contributed by atoms with Crippen molar-refractivity contribution in [1.29, 1.82) is 0 Å². The topological polar surface area (TPSA) is 82.7 Å². The van der Waals surface area contributed by atoms with Gasteiger partial charge in [-0.1, -0.05) is 18.2 Å². The van der Waals surface area contributed by atoms with E-state index < -0.39 is 5.91 Å². The number of aliphatic imine (C=N–C) groups is 1. The van der Waals surface area contributed by atoms with Crippen LogP contribution in [0.3, 0.4) is 0 Å². The number of carbonyl (C=O) groups is 1. The molecule has 0 radical (unpaired) electrons. The van der Waals surface area contributed by atoms with Gasteiger partial charge in [0.15, 0.2) is 5.96 Å². The minimum absolute atomic E-state index is 0. The van der Waals surface area contributed by atoms with Gasteiger partial charge in [0.25, 0.3) is 0 Å². The van der Waals surface area contributed by atoms with Crippen molar-refractivity contribution >= 4 is 47.2 Å². The first-order valence-electron chi connectivity index (χ1n) is 10.2. The van der Waals surface area contributed by atoms with Crippen molar-refractivity contribution < 1.29 is 4.79 Å². The number of benzene rings is 1. The van der Waals surface area contributed by atoms with Gasteiger partial charge in [-0.3, -0.25) is 9.69 Å². The second-order valence-corrected chi connectivity index (χ2v) is 8.46. The predicted molar refractivity (Wildman–Crippen MR) is 136 cm³/mol. The summed E-state index contributed by atoms with van der Waals surface area (Å²) in [6, 6.07) is 12.2. The molecule has 2 atom stereocenters. The molecule has 1 aliphatic rings. The van der Waals surface area contributed by atoms with Crippen LogP contribution in [0.1, 0.15) is 46.6 Å². The zero-order valence-electron chi connectivity index (χ0n) is 17.6. The summed E-state index contributed by atoms with van der Waals surface area (Å²) in [5.74, 6) is 0.923. The maximum Gasteiger partial charge on any atom is 0.248 e. The highest BCUT2D eigenvalue weighted by Crippen LogP contribution is 2.36. The summed E-state index contributed by atoms with van der Waals surface area (Å²) in [6.45, 7) is 5.37. The number of thiophene rings is 1. The SMILES string of the molecule is CCNC(=NCc1cccc(C(N)=O)c1)NCC1CCCN(C)C1c1cccs1.I. The largest absolute Gasteiger partial charge is 0.366 e. The van der Waals surface area contributed by atoms with Crippen molar-refractivity contribution in [2.75, 3.05) is 26.7 Å². The molecular weight excluding hydrogens is 509 g/mol. The minimum atomic E-state index is -0.415. The highest BCUT2D eigenvalue weighted by atomic mass is 127. The van der Waals surface area contributed by atoms with Crippen LogP contribution in [0.2, 0.25) is 0 Å². The summed E-state index contributed by atoms with van der Waals surface area (Å²) < 4.78 is 0. The monoisotopic (exact) mass is 541 g/mol. The van der Waals surface area contributed by atoms with Gasteiger partial charge in [0.1, 0.15) is 0 Å². The third-order valence-corrected chi connectivity index (χ3v) is 6.29. The molecule has 164 valence electrons. The van der Waals surface area contributed by atoms with Gasteiger partial charge in [-0.2, -0.15) is 0 Å². The molecule has 1 amide bonds. The Morgan fingerprint density at radius 3 is 2.83 bits per heavy atom. The number of nitrogens with two attached hydrogens (primary N) is 1. The number of amides is 1. The van der Waals surface area contributed by atoms with Crippen molar-refractivity contribution in [3.63, 3.8) is 0 Å². The summed E-state index contributed by atoms with van der Waals surface area (Å²) >= 11 is 1.84. The van der Waals surface area contributed by atoms with Crippen LogP contribution < -0.4 is 16.4 Å². The number of primary amides is 1. The fourth-order valence-corrected chi connectivity index (χ4v) is 4.93. The van der Waals surface area contributed by atoms with Crippen molar-refractivity contribution in [3.05, 3.63) is 57.8 Å². The van der Waals surface area contributed by atoms with Gasteiger partial charge in [-0.05, 0) is 68.4 Å².